The van der Waals surface area contributed by atoms with E-state index in [2.05, 4.69) is 15.3 Å². The zero-order valence-electron chi connectivity index (χ0n) is 9.37. The van der Waals surface area contributed by atoms with Crippen molar-refractivity contribution in [3.8, 4) is 11.3 Å². The molecule has 0 unspecified atom stereocenters. The second-order valence-corrected chi connectivity index (χ2v) is 4.82. The molecule has 0 spiro atoms. The van der Waals surface area contributed by atoms with Crippen molar-refractivity contribution in [2.24, 2.45) is 0 Å². The molecule has 1 aromatic carbocycles. The molecule has 0 amide bonds. The van der Waals surface area contributed by atoms with Crippen LogP contribution in [0.4, 0.5) is 11.8 Å². The van der Waals surface area contributed by atoms with Gasteiger partial charge in [-0.2, -0.15) is 4.98 Å². The summed E-state index contributed by atoms with van der Waals surface area (Å²) < 4.78 is 0. The Bertz CT molecular complexity index is 628. The molecule has 0 fully saturated rings. The fourth-order valence-corrected chi connectivity index (χ4v) is 2.49. The van der Waals surface area contributed by atoms with E-state index in [1.165, 1.54) is 0 Å². The van der Waals surface area contributed by atoms with Gasteiger partial charge in [0.1, 0.15) is 5.82 Å². The number of fused-ring (bicyclic) bond motifs is 1. The zero-order valence-corrected chi connectivity index (χ0v) is 10.9. The second kappa shape index (κ2) is 4.30. The summed E-state index contributed by atoms with van der Waals surface area (Å²) in [7, 11) is 0. The van der Waals surface area contributed by atoms with Crippen molar-refractivity contribution >= 4 is 35.0 Å². The van der Waals surface area contributed by atoms with Gasteiger partial charge in [-0.3, -0.25) is 0 Å². The van der Waals surface area contributed by atoms with Crippen LogP contribution in [-0.4, -0.2) is 16.5 Å². The van der Waals surface area contributed by atoms with Gasteiger partial charge in [0, 0.05) is 17.7 Å². The van der Waals surface area contributed by atoms with Crippen LogP contribution in [0.1, 0.15) is 5.56 Å². The molecule has 1 aromatic heterocycles. The van der Waals surface area contributed by atoms with Crippen LogP contribution < -0.4 is 11.1 Å². The van der Waals surface area contributed by atoms with Gasteiger partial charge in [-0.05, 0) is 12.5 Å². The smallest absolute Gasteiger partial charge is 0.222 e. The number of nitrogen functional groups attached to an aromatic ring is 1. The van der Waals surface area contributed by atoms with Crippen molar-refractivity contribution in [2.75, 3.05) is 17.6 Å². The Morgan fingerprint density at radius 2 is 2.06 bits per heavy atom. The Labute approximate surface area is 114 Å². The molecule has 0 atom stereocenters. The second-order valence-electron chi connectivity index (χ2n) is 4.04. The Kier molecular flexibility index (Phi) is 2.76. The SMILES string of the molecule is Nc1nc2c(c(-c3cccc(Cl)c3Cl)n1)CCN2. The quantitative estimate of drug-likeness (QED) is 0.843. The molecule has 0 saturated heterocycles. The van der Waals surface area contributed by atoms with E-state index in [0.29, 0.717) is 10.0 Å². The number of nitrogens with two attached hydrogens (primary N) is 1. The minimum Gasteiger partial charge on any atom is -0.369 e. The Balaban J connectivity index is 2.26. The topological polar surface area (TPSA) is 63.8 Å². The van der Waals surface area contributed by atoms with Gasteiger partial charge in [-0.25, -0.2) is 4.98 Å². The van der Waals surface area contributed by atoms with Crippen molar-refractivity contribution in [1.82, 2.24) is 9.97 Å². The van der Waals surface area contributed by atoms with Gasteiger partial charge >= 0.3 is 0 Å². The number of hydrogen-bond acceptors (Lipinski definition) is 4. The fourth-order valence-electron chi connectivity index (χ4n) is 2.10. The number of rotatable bonds is 1. The normalized spacial score (nSPS) is 13.2. The lowest BCUT2D eigenvalue weighted by molar-refractivity contribution is 1.09. The van der Waals surface area contributed by atoms with Gasteiger partial charge in [0.25, 0.3) is 0 Å². The molecular formula is C12H10Cl2N4. The highest BCUT2D eigenvalue weighted by molar-refractivity contribution is 6.43. The van der Waals surface area contributed by atoms with E-state index in [9.17, 15) is 0 Å². The van der Waals surface area contributed by atoms with Gasteiger partial charge in [-0.15, -0.1) is 0 Å². The maximum absolute atomic E-state index is 6.23. The first-order chi connectivity index (χ1) is 8.66. The Morgan fingerprint density at radius 1 is 1.22 bits per heavy atom. The minimum absolute atomic E-state index is 0.231. The number of nitrogens with one attached hydrogen (secondary N) is 1. The summed E-state index contributed by atoms with van der Waals surface area (Å²) in [5.41, 5.74) is 8.30. The standard InChI is InChI=1S/C12H10Cl2N4/c13-8-3-1-2-6(9(8)14)10-7-4-5-16-11(7)18-12(15)17-10/h1-3H,4-5H2,(H3,15,16,17,18). The van der Waals surface area contributed by atoms with Crippen molar-refractivity contribution in [3.05, 3.63) is 33.8 Å². The summed E-state index contributed by atoms with van der Waals surface area (Å²) >= 11 is 12.3. The first-order valence-electron chi connectivity index (χ1n) is 5.51. The number of aromatic nitrogens is 2. The molecule has 6 heteroatoms. The fraction of sp³-hybridized carbons (Fsp3) is 0.167. The summed E-state index contributed by atoms with van der Waals surface area (Å²) in [6.45, 7) is 0.832. The molecule has 0 radical (unpaired) electrons. The molecule has 3 rings (SSSR count). The Hall–Kier alpha value is -1.52. The molecule has 4 nitrogen and oxygen atoms in total. The van der Waals surface area contributed by atoms with E-state index < -0.39 is 0 Å². The summed E-state index contributed by atoms with van der Waals surface area (Å²) in [5, 5.41) is 4.18. The number of anilines is 2. The minimum atomic E-state index is 0.231. The van der Waals surface area contributed by atoms with E-state index in [4.69, 9.17) is 28.9 Å². The first kappa shape index (κ1) is 11.6. The van der Waals surface area contributed by atoms with Crippen LogP contribution in [0.5, 0.6) is 0 Å². The number of nitrogens with zero attached hydrogens (tertiary/aromatic N) is 2. The first-order valence-corrected chi connectivity index (χ1v) is 6.27. The van der Waals surface area contributed by atoms with E-state index in [1.54, 1.807) is 6.07 Å². The highest BCUT2D eigenvalue weighted by Gasteiger charge is 2.21. The maximum Gasteiger partial charge on any atom is 0.222 e. The van der Waals surface area contributed by atoms with Crippen LogP contribution in [0.15, 0.2) is 18.2 Å². The summed E-state index contributed by atoms with van der Waals surface area (Å²) in [4.78, 5) is 8.47. The maximum atomic E-state index is 6.23. The number of hydrogen-bond donors (Lipinski definition) is 2. The van der Waals surface area contributed by atoms with Crippen molar-refractivity contribution in [1.29, 1.82) is 0 Å². The van der Waals surface area contributed by atoms with Crippen LogP contribution in [-0.2, 0) is 6.42 Å². The zero-order chi connectivity index (χ0) is 12.7. The monoisotopic (exact) mass is 280 g/mol. The van der Waals surface area contributed by atoms with Crippen LogP contribution in [0, 0.1) is 0 Å². The van der Waals surface area contributed by atoms with Gasteiger partial charge in [0.2, 0.25) is 5.95 Å². The Morgan fingerprint density at radius 3 is 2.89 bits per heavy atom. The molecule has 0 bridgehead atoms. The van der Waals surface area contributed by atoms with E-state index in [-0.39, 0.29) is 5.95 Å². The molecule has 1 aliphatic rings. The molecule has 0 aliphatic carbocycles. The van der Waals surface area contributed by atoms with Crippen LogP contribution in [0.3, 0.4) is 0 Å². The number of halogens is 2. The predicted octanol–water partition coefficient (Wildman–Crippen LogP) is 3.00. The lowest BCUT2D eigenvalue weighted by Gasteiger charge is -2.10. The molecule has 18 heavy (non-hydrogen) atoms. The van der Waals surface area contributed by atoms with Crippen LogP contribution >= 0.6 is 23.2 Å². The average molecular weight is 281 g/mol. The van der Waals surface area contributed by atoms with Gasteiger partial charge in [0.15, 0.2) is 0 Å². The summed E-state index contributed by atoms with van der Waals surface area (Å²) in [6, 6.07) is 5.47. The van der Waals surface area contributed by atoms with Crippen LogP contribution in [0.2, 0.25) is 10.0 Å². The molecule has 1 aliphatic heterocycles. The average Bonchev–Trinajstić information content (AvgIpc) is 2.79. The van der Waals surface area contributed by atoms with Gasteiger partial charge in [-0.1, -0.05) is 35.3 Å². The molecular weight excluding hydrogens is 271 g/mol. The third-order valence-corrected chi connectivity index (χ3v) is 3.72. The number of benzene rings is 1. The van der Waals surface area contributed by atoms with Crippen molar-refractivity contribution in [2.45, 2.75) is 6.42 Å². The highest BCUT2D eigenvalue weighted by atomic mass is 35.5. The summed E-state index contributed by atoms with van der Waals surface area (Å²) in [5.74, 6) is 1.02. The molecule has 92 valence electrons. The van der Waals surface area contributed by atoms with E-state index >= 15 is 0 Å². The molecule has 2 aromatic rings. The van der Waals surface area contributed by atoms with Crippen molar-refractivity contribution < 1.29 is 0 Å². The van der Waals surface area contributed by atoms with E-state index in [1.807, 2.05) is 12.1 Å². The van der Waals surface area contributed by atoms with Gasteiger partial charge in [0.05, 0.1) is 15.7 Å². The molecule has 3 N–H and O–H groups in total. The molecule has 0 saturated carbocycles. The summed E-state index contributed by atoms with van der Waals surface area (Å²) in [6.07, 6.45) is 0.855. The third kappa shape index (κ3) is 1.78. The molecule has 2 heterocycles. The third-order valence-electron chi connectivity index (χ3n) is 2.90. The van der Waals surface area contributed by atoms with Crippen molar-refractivity contribution in [3.63, 3.8) is 0 Å². The van der Waals surface area contributed by atoms with E-state index in [0.717, 1.165) is 35.6 Å². The lowest BCUT2D eigenvalue weighted by Crippen LogP contribution is -2.01. The van der Waals surface area contributed by atoms with Crippen LogP contribution in [0.25, 0.3) is 11.3 Å². The largest absolute Gasteiger partial charge is 0.369 e. The highest BCUT2D eigenvalue weighted by Crippen LogP contribution is 2.37. The van der Waals surface area contributed by atoms with Gasteiger partial charge < -0.3 is 11.1 Å². The predicted molar refractivity (Wildman–Crippen MR) is 74.1 cm³/mol. The lowest BCUT2D eigenvalue weighted by atomic mass is 10.1.